The van der Waals surface area contributed by atoms with Gasteiger partial charge in [-0.05, 0) is 51.4 Å². The van der Waals surface area contributed by atoms with E-state index in [9.17, 15) is 19.8 Å². The monoisotopic (exact) mass is 944 g/mol. The molecule has 2 atom stereocenters. The lowest BCUT2D eigenvalue weighted by Gasteiger charge is -2.22. The van der Waals surface area contributed by atoms with Gasteiger partial charge in [-0.15, -0.1) is 0 Å². The molecule has 0 aliphatic rings. The molecule has 0 bridgehead atoms. The zero-order valence-electron chi connectivity index (χ0n) is 45.1. The van der Waals surface area contributed by atoms with E-state index in [4.69, 9.17) is 4.74 Å². The fraction of sp³-hybridized carbons (Fsp3) is 0.902. The maximum Gasteiger partial charge on any atom is 0.305 e. The molecule has 1 amide bonds. The molecule has 0 spiro atoms. The van der Waals surface area contributed by atoms with Gasteiger partial charge in [0.2, 0.25) is 5.91 Å². The summed E-state index contributed by atoms with van der Waals surface area (Å²) in [5.41, 5.74) is 0. The molecule has 0 rings (SSSR count). The lowest BCUT2D eigenvalue weighted by atomic mass is 10.0. The molecule has 0 aliphatic heterocycles. The first kappa shape index (κ1) is 65.3. The quantitative estimate of drug-likeness (QED) is 0.0321. The maximum absolute atomic E-state index is 12.5. The van der Waals surface area contributed by atoms with E-state index < -0.39 is 12.1 Å². The second-order valence-corrected chi connectivity index (χ2v) is 20.7. The number of hydrogen-bond donors (Lipinski definition) is 3. The number of nitrogens with one attached hydrogen (secondary N) is 1. The second-order valence-electron chi connectivity index (χ2n) is 20.7. The highest BCUT2D eigenvalue weighted by atomic mass is 16.5. The minimum Gasteiger partial charge on any atom is -0.466 e. The predicted octanol–water partition coefficient (Wildman–Crippen LogP) is 18.6. The van der Waals surface area contributed by atoms with Crippen molar-refractivity contribution >= 4 is 11.9 Å². The van der Waals surface area contributed by atoms with Gasteiger partial charge in [0.15, 0.2) is 0 Å². The summed E-state index contributed by atoms with van der Waals surface area (Å²) < 4.78 is 5.46. The number of carbonyl (C=O) groups excluding carboxylic acids is 2. The minimum absolute atomic E-state index is 0.0160. The number of amides is 1. The van der Waals surface area contributed by atoms with Crippen molar-refractivity contribution in [1.82, 2.24) is 5.32 Å². The van der Waals surface area contributed by atoms with E-state index in [2.05, 4.69) is 43.5 Å². The summed E-state index contributed by atoms with van der Waals surface area (Å²) in [5.74, 6) is -0.0589. The highest BCUT2D eigenvalue weighted by Crippen LogP contribution is 2.18. The van der Waals surface area contributed by atoms with Crippen LogP contribution in [0.4, 0.5) is 0 Å². The molecule has 3 N–H and O–H groups in total. The summed E-state index contributed by atoms with van der Waals surface area (Å²) >= 11 is 0. The molecule has 0 fully saturated rings. The van der Waals surface area contributed by atoms with E-state index in [-0.39, 0.29) is 18.5 Å². The molecule has 0 aromatic carbocycles. The van der Waals surface area contributed by atoms with Crippen molar-refractivity contribution in [3.05, 3.63) is 24.3 Å². The summed E-state index contributed by atoms with van der Waals surface area (Å²) in [7, 11) is 0. The highest BCUT2D eigenvalue weighted by molar-refractivity contribution is 5.76. The van der Waals surface area contributed by atoms with Crippen molar-refractivity contribution in [2.75, 3.05) is 13.2 Å². The van der Waals surface area contributed by atoms with Crippen LogP contribution in [0.15, 0.2) is 24.3 Å². The molecule has 2 unspecified atom stereocenters. The molecular weight excluding hydrogens is 827 g/mol. The van der Waals surface area contributed by atoms with Crippen molar-refractivity contribution in [3.63, 3.8) is 0 Å². The SMILES string of the molecule is CCCC/C=C\C/C=C\CCCCCCCC(=O)OCCCCCCCCCCCCCCCCC(=O)NC(CO)C(O)CCCCCCCCCCCCCCCCCCCCCCCC. The summed E-state index contributed by atoms with van der Waals surface area (Å²) in [5, 5.41) is 23.4. The molecule has 0 aromatic heterocycles. The lowest BCUT2D eigenvalue weighted by molar-refractivity contribution is -0.143. The van der Waals surface area contributed by atoms with Gasteiger partial charge in [-0.25, -0.2) is 0 Å². The number of hydrogen-bond acceptors (Lipinski definition) is 5. The van der Waals surface area contributed by atoms with Gasteiger partial charge in [0.1, 0.15) is 0 Å². The minimum atomic E-state index is -0.673. The van der Waals surface area contributed by atoms with E-state index >= 15 is 0 Å². The number of unbranched alkanes of at least 4 members (excludes halogenated alkanes) is 41. The van der Waals surface area contributed by atoms with Crippen LogP contribution in [0.25, 0.3) is 0 Å². The van der Waals surface area contributed by atoms with Crippen LogP contribution in [0.3, 0.4) is 0 Å². The molecule has 67 heavy (non-hydrogen) atoms. The van der Waals surface area contributed by atoms with Gasteiger partial charge in [0.25, 0.3) is 0 Å². The summed E-state index contributed by atoms with van der Waals surface area (Å²) in [6, 6.07) is -0.551. The first-order valence-electron chi connectivity index (χ1n) is 30.1. The van der Waals surface area contributed by atoms with Crippen LogP contribution in [0, 0.1) is 0 Å². The van der Waals surface area contributed by atoms with Crippen LogP contribution >= 0.6 is 0 Å². The topological polar surface area (TPSA) is 95.9 Å². The van der Waals surface area contributed by atoms with E-state index in [0.717, 1.165) is 57.8 Å². The number of carbonyl (C=O) groups is 2. The van der Waals surface area contributed by atoms with Crippen LogP contribution in [-0.2, 0) is 14.3 Å². The van der Waals surface area contributed by atoms with Crippen LogP contribution in [0.5, 0.6) is 0 Å². The number of ether oxygens (including phenoxy) is 1. The fourth-order valence-corrected chi connectivity index (χ4v) is 9.36. The Morgan fingerprint density at radius 3 is 1.18 bits per heavy atom. The van der Waals surface area contributed by atoms with Crippen molar-refractivity contribution < 1.29 is 24.5 Å². The number of rotatable bonds is 56. The molecular formula is C61H117NO5. The average molecular weight is 945 g/mol. The van der Waals surface area contributed by atoms with E-state index in [0.29, 0.717) is 25.9 Å². The van der Waals surface area contributed by atoms with Gasteiger partial charge in [-0.2, -0.15) is 0 Å². The van der Waals surface area contributed by atoms with Crippen molar-refractivity contribution in [1.29, 1.82) is 0 Å². The normalized spacial score (nSPS) is 12.7. The van der Waals surface area contributed by atoms with Gasteiger partial charge in [0, 0.05) is 12.8 Å². The summed E-state index contributed by atoms with van der Waals surface area (Å²) in [4.78, 5) is 24.6. The van der Waals surface area contributed by atoms with E-state index in [1.54, 1.807) is 0 Å². The Balaban J connectivity index is 3.44. The third-order valence-electron chi connectivity index (χ3n) is 14.0. The van der Waals surface area contributed by atoms with Crippen molar-refractivity contribution in [2.24, 2.45) is 0 Å². The first-order chi connectivity index (χ1) is 33.0. The fourth-order valence-electron chi connectivity index (χ4n) is 9.36. The molecule has 6 heteroatoms. The number of allylic oxidation sites excluding steroid dienone is 4. The van der Waals surface area contributed by atoms with E-state index in [1.165, 1.54) is 238 Å². The average Bonchev–Trinajstić information content (AvgIpc) is 3.33. The predicted molar refractivity (Wildman–Crippen MR) is 292 cm³/mol. The maximum atomic E-state index is 12.5. The van der Waals surface area contributed by atoms with Crippen molar-refractivity contribution in [2.45, 2.75) is 341 Å². The number of esters is 1. The number of aliphatic hydroxyl groups is 2. The smallest absolute Gasteiger partial charge is 0.305 e. The molecule has 0 aromatic rings. The molecule has 0 aliphatic carbocycles. The second kappa shape index (κ2) is 56.9. The Morgan fingerprint density at radius 1 is 0.418 bits per heavy atom. The Kier molecular flexibility index (Phi) is 55.5. The Morgan fingerprint density at radius 2 is 0.761 bits per heavy atom. The van der Waals surface area contributed by atoms with Crippen LogP contribution in [-0.4, -0.2) is 47.4 Å². The molecule has 0 saturated carbocycles. The van der Waals surface area contributed by atoms with Crippen molar-refractivity contribution in [3.8, 4) is 0 Å². The van der Waals surface area contributed by atoms with Gasteiger partial charge >= 0.3 is 5.97 Å². The van der Waals surface area contributed by atoms with Gasteiger partial charge in [-0.1, -0.05) is 289 Å². The van der Waals surface area contributed by atoms with Crippen LogP contribution in [0.1, 0.15) is 328 Å². The largest absolute Gasteiger partial charge is 0.466 e. The zero-order valence-corrected chi connectivity index (χ0v) is 45.1. The third-order valence-corrected chi connectivity index (χ3v) is 14.0. The summed E-state index contributed by atoms with van der Waals surface area (Å²) in [6.07, 6.45) is 68.8. The molecule has 0 heterocycles. The molecule has 396 valence electrons. The number of aliphatic hydroxyl groups excluding tert-OH is 2. The van der Waals surface area contributed by atoms with E-state index in [1.807, 2.05) is 0 Å². The first-order valence-corrected chi connectivity index (χ1v) is 30.1. The van der Waals surface area contributed by atoms with Crippen LogP contribution in [0.2, 0.25) is 0 Å². The Hall–Kier alpha value is -1.66. The lowest BCUT2D eigenvalue weighted by Crippen LogP contribution is -2.45. The zero-order chi connectivity index (χ0) is 48.6. The Bertz CT molecular complexity index is 1040. The van der Waals surface area contributed by atoms with Gasteiger partial charge < -0.3 is 20.3 Å². The Labute approximate surface area is 418 Å². The van der Waals surface area contributed by atoms with Gasteiger partial charge in [-0.3, -0.25) is 9.59 Å². The summed E-state index contributed by atoms with van der Waals surface area (Å²) in [6.45, 7) is 4.91. The standard InChI is InChI=1S/C61H117NO5/c1-3-5-7-9-11-13-15-17-19-20-21-22-23-24-25-26-29-33-37-41-45-49-53-59(64)58(57-63)62-60(65)54-50-46-42-38-34-30-27-28-32-36-40-44-48-52-56-67-61(66)55-51-47-43-39-35-31-18-16-14-12-10-8-6-4-2/h10,12,16,18,58-59,63-64H,3-9,11,13-15,17,19-57H2,1-2H3,(H,62,65)/b12-10-,18-16-. The highest BCUT2D eigenvalue weighted by Gasteiger charge is 2.20. The third kappa shape index (κ3) is 53.5. The molecule has 0 saturated heterocycles. The molecule has 0 radical (unpaired) electrons. The van der Waals surface area contributed by atoms with Gasteiger partial charge in [0.05, 0.1) is 25.4 Å². The van der Waals surface area contributed by atoms with Crippen LogP contribution < -0.4 is 5.32 Å². The molecule has 6 nitrogen and oxygen atoms in total.